The highest BCUT2D eigenvalue weighted by atomic mass is 35.5. The van der Waals surface area contributed by atoms with Crippen LogP contribution in [0.5, 0.6) is 0 Å². The fourth-order valence-corrected chi connectivity index (χ4v) is 2.72. The molecule has 0 saturated heterocycles. The van der Waals surface area contributed by atoms with Gasteiger partial charge < -0.3 is 10.6 Å². The van der Waals surface area contributed by atoms with E-state index in [4.69, 9.17) is 23.2 Å². The van der Waals surface area contributed by atoms with Crippen molar-refractivity contribution in [3.63, 3.8) is 0 Å². The van der Waals surface area contributed by atoms with Crippen LogP contribution in [0, 0.1) is 0 Å². The van der Waals surface area contributed by atoms with Crippen molar-refractivity contribution in [3.8, 4) is 0 Å². The van der Waals surface area contributed by atoms with Crippen LogP contribution in [0.15, 0.2) is 42.5 Å². The van der Waals surface area contributed by atoms with Gasteiger partial charge in [0.1, 0.15) is 6.04 Å². The van der Waals surface area contributed by atoms with E-state index in [1.807, 2.05) is 24.3 Å². The van der Waals surface area contributed by atoms with Crippen LogP contribution in [-0.4, -0.2) is 11.9 Å². The number of nitrogens with one attached hydrogen (secondary N) is 2. The topological polar surface area (TPSA) is 41.1 Å². The summed E-state index contributed by atoms with van der Waals surface area (Å²) in [5, 5.41) is 7.00. The number of fused-ring (bicyclic) bond motifs is 1. The molecule has 1 atom stereocenters. The Kier molecular flexibility index (Phi) is 3.55. The number of rotatable bonds is 2. The van der Waals surface area contributed by atoms with Gasteiger partial charge in [-0.15, -0.1) is 0 Å². The molecule has 0 fully saturated rings. The molecule has 1 heterocycles. The van der Waals surface area contributed by atoms with Crippen LogP contribution in [0.25, 0.3) is 0 Å². The maximum absolute atomic E-state index is 12.3. The third-order valence-electron chi connectivity index (χ3n) is 3.28. The van der Waals surface area contributed by atoms with E-state index in [1.54, 1.807) is 18.2 Å². The van der Waals surface area contributed by atoms with Crippen molar-refractivity contribution < 1.29 is 4.79 Å². The number of para-hydroxylation sites is 1. The number of carbonyl (C=O) groups is 1. The normalized spacial score (nSPS) is 16.4. The first-order valence-electron chi connectivity index (χ1n) is 6.24. The Morgan fingerprint density at radius 2 is 2.00 bits per heavy atom. The molecule has 0 aromatic heterocycles. The molecule has 2 aromatic rings. The molecule has 3 rings (SSSR count). The first-order valence-corrected chi connectivity index (χ1v) is 6.99. The minimum atomic E-state index is -0.279. The number of halogens is 2. The summed E-state index contributed by atoms with van der Waals surface area (Å²) in [5.74, 6) is -0.106. The molecule has 0 spiro atoms. The van der Waals surface area contributed by atoms with E-state index in [1.165, 1.54) is 0 Å². The molecule has 20 heavy (non-hydrogen) atoms. The summed E-state index contributed by atoms with van der Waals surface area (Å²) in [6.07, 6.45) is 0.674. The van der Waals surface area contributed by atoms with Gasteiger partial charge in [-0.25, -0.2) is 0 Å². The fourth-order valence-electron chi connectivity index (χ4n) is 2.27. The van der Waals surface area contributed by atoms with Crippen LogP contribution < -0.4 is 10.6 Å². The van der Waals surface area contributed by atoms with Crippen LogP contribution in [-0.2, 0) is 11.2 Å². The second-order valence-corrected chi connectivity index (χ2v) is 5.52. The maximum Gasteiger partial charge on any atom is 0.247 e. The lowest BCUT2D eigenvalue weighted by molar-refractivity contribution is -0.116. The fraction of sp³-hybridized carbons (Fsp3) is 0.133. The predicted octanol–water partition coefficient (Wildman–Crippen LogP) is 3.97. The highest BCUT2D eigenvalue weighted by Crippen LogP contribution is 2.28. The van der Waals surface area contributed by atoms with Crippen molar-refractivity contribution in [2.24, 2.45) is 0 Å². The minimum Gasteiger partial charge on any atom is -0.373 e. The van der Waals surface area contributed by atoms with E-state index in [2.05, 4.69) is 10.6 Å². The molecular weight excluding hydrogens is 295 g/mol. The number of amides is 1. The molecule has 1 aliphatic heterocycles. The van der Waals surface area contributed by atoms with Crippen molar-refractivity contribution in [1.29, 1.82) is 0 Å². The molecule has 0 saturated carbocycles. The van der Waals surface area contributed by atoms with Crippen molar-refractivity contribution in [2.45, 2.75) is 12.5 Å². The summed E-state index contributed by atoms with van der Waals surface area (Å²) < 4.78 is 0. The summed E-state index contributed by atoms with van der Waals surface area (Å²) in [7, 11) is 0. The molecule has 1 aliphatic rings. The van der Waals surface area contributed by atoms with E-state index in [0.29, 0.717) is 22.2 Å². The van der Waals surface area contributed by atoms with E-state index >= 15 is 0 Å². The summed E-state index contributed by atoms with van der Waals surface area (Å²) in [4.78, 5) is 12.3. The quantitative estimate of drug-likeness (QED) is 0.881. The van der Waals surface area contributed by atoms with E-state index in [9.17, 15) is 4.79 Å². The highest BCUT2D eigenvalue weighted by Gasteiger charge is 2.26. The summed E-state index contributed by atoms with van der Waals surface area (Å²) in [5.41, 5.74) is 2.73. The van der Waals surface area contributed by atoms with Gasteiger partial charge in [0.15, 0.2) is 0 Å². The van der Waals surface area contributed by atoms with Gasteiger partial charge in [0, 0.05) is 17.1 Å². The van der Waals surface area contributed by atoms with E-state index < -0.39 is 0 Å². The van der Waals surface area contributed by atoms with Gasteiger partial charge in [0.05, 0.1) is 10.7 Å². The second-order valence-electron chi connectivity index (χ2n) is 4.67. The lowest BCUT2D eigenvalue weighted by Gasteiger charge is -2.13. The highest BCUT2D eigenvalue weighted by molar-refractivity contribution is 6.36. The smallest absolute Gasteiger partial charge is 0.247 e. The number of carbonyl (C=O) groups excluding carboxylic acids is 1. The molecular formula is C15H12Cl2N2O. The predicted molar refractivity (Wildman–Crippen MR) is 82.6 cm³/mol. The third-order valence-corrected chi connectivity index (χ3v) is 3.82. The zero-order chi connectivity index (χ0) is 14.1. The number of hydrogen-bond acceptors (Lipinski definition) is 2. The monoisotopic (exact) mass is 306 g/mol. The number of benzene rings is 2. The lowest BCUT2D eigenvalue weighted by Crippen LogP contribution is -2.32. The molecule has 0 radical (unpaired) electrons. The SMILES string of the molecule is O=C(Nc1ccc(Cl)cc1Cl)[C@@H]1Cc2ccccc2N1. The van der Waals surface area contributed by atoms with Crippen molar-refractivity contribution in [1.82, 2.24) is 0 Å². The van der Waals surface area contributed by atoms with Crippen molar-refractivity contribution in [3.05, 3.63) is 58.1 Å². The Morgan fingerprint density at radius 3 is 2.75 bits per heavy atom. The van der Waals surface area contributed by atoms with Crippen LogP contribution >= 0.6 is 23.2 Å². The first kappa shape index (κ1) is 13.3. The Morgan fingerprint density at radius 1 is 1.20 bits per heavy atom. The number of hydrogen-bond donors (Lipinski definition) is 2. The molecule has 1 amide bonds. The van der Waals surface area contributed by atoms with Crippen LogP contribution in [0.2, 0.25) is 10.0 Å². The Labute approximate surface area is 126 Å². The third kappa shape index (κ3) is 2.60. The summed E-state index contributed by atoms with van der Waals surface area (Å²) in [6, 6.07) is 12.6. The van der Waals surface area contributed by atoms with Crippen molar-refractivity contribution >= 4 is 40.5 Å². The minimum absolute atomic E-state index is 0.106. The molecule has 0 unspecified atom stereocenters. The van der Waals surface area contributed by atoms with Gasteiger partial charge in [0.25, 0.3) is 0 Å². The first-order chi connectivity index (χ1) is 9.63. The molecule has 2 aromatic carbocycles. The standard InChI is InChI=1S/C15H12Cl2N2O/c16-10-5-6-13(11(17)8-10)19-15(20)14-7-9-3-1-2-4-12(9)18-14/h1-6,8,14,18H,7H2,(H,19,20)/t14-/m0/s1. The van der Waals surface area contributed by atoms with Crippen molar-refractivity contribution in [2.75, 3.05) is 10.6 Å². The number of anilines is 2. The molecule has 0 bridgehead atoms. The zero-order valence-electron chi connectivity index (χ0n) is 10.5. The Balaban J connectivity index is 1.72. The molecule has 0 aliphatic carbocycles. The zero-order valence-corrected chi connectivity index (χ0v) is 12.0. The Bertz CT molecular complexity index is 648. The van der Waals surface area contributed by atoms with Gasteiger partial charge in [-0.3, -0.25) is 4.79 Å². The second kappa shape index (κ2) is 5.35. The van der Waals surface area contributed by atoms with Gasteiger partial charge in [-0.2, -0.15) is 0 Å². The molecule has 3 nitrogen and oxygen atoms in total. The van der Waals surface area contributed by atoms with E-state index in [-0.39, 0.29) is 11.9 Å². The lowest BCUT2D eigenvalue weighted by atomic mass is 10.1. The largest absolute Gasteiger partial charge is 0.373 e. The van der Waals surface area contributed by atoms with Crippen LogP contribution in [0.1, 0.15) is 5.56 Å². The summed E-state index contributed by atoms with van der Waals surface area (Å²) >= 11 is 11.9. The van der Waals surface area contributed by atoms with Gasteiger partial charge in [0.2, 0.25) is 5.91 Å². The maximum atomic E-state index is 12.3. The van der Waals surface area contributed by atoms with Crippen LogP contribution in [0.4, 0.5) is 11.4 Å². The molecule has 5 heteroatoms. The average Bonchev–Trinajstić information content (AvgIpc) is 2.86. The molecule has 102 valence electrons. The molecule has 2 N–H and O–H groups in total. The Hall–Kier alpha value is -1.71. The van der Waals surface area contributed by atoms with Gasteiger partial charge in [-0.1, -0.05) is 41.4 Å². The van der Waals surface area contributed by atoms with Crippen LogP contribution in [0.3, 0.4) is 0 Å². The summed E-state index contributed by atoms with van der Waals surface area (Å²) in [6.45, 7) is 0. The van der Waals surface area contributed by atoms with E-state index in [0.717, 1.165) is 11.3 Å². The van der Waals surface area contributed by atoms with Gasteiger partial charge >= 0.3 is 0 Å². The van der Waals surface area contributed by atoms with Gasteiger partial charge in [-0.05, 0) is 29.8 Å². The average molecular weight is 307 g/mol.